The molecule has 0 aliphatic carbocycles. The van der Waals surface area contributed by atoms with Gasteiger partial charge in [-0.3, -0.25) is 0 Å². The molecule has 0 saturated heterocycles. The van der Waals surface area contributed by atoms with Crippen LogP contribution in [0.3, 0.4) is 0 Å². The Morgan fingerprint density at radius 2 is 1.94 bits per heavy atom. The summed E-state index contributed by atoms with van der Waals surface area (Å²) in [6.45, 7) is 12.5. The Kier molecular flexibility index (Phi) is 5.34. The predicted octanol–water partition coefficient (Wildman–Crippen LogP) is 2.25. The molecule has 0 amide bonds. The van der Waals surface area contributed by atoms with Gasteiger partial charge in [-0.25, -0.2) is 15.8 Å². The van der Waals surface area contributed by atoms with Crippen LogP contribution in [0.1, 0.15) is 38.6 Å². The van der Waals surface area contributed by atoms with Gasteiger partial charge in [0.2, 0.25) is 0 Å². The molecular weight excluding hydrogens is 226 g/mol. The topological polar surface area (TPSA) is 67.1 Å². The Balaban J connectivity index is 3.08. The van der Waals surface area contributed by atoms with Crippen LogP contribution in [0.2, 0.25) is 0 Å². The minimum absolute atomic E-state index is 0.647. The normalized spacial score (nSPS) is 12.3. The largest absolute Gasteiger partial charge is 0.356 e. The van der Waals surface area contributed by atoms with Crippen molar-refractivity contribution in [3.05, 3.63) is 11.4 Å². The van der Waals surface area contributed by atoms with Crippen molar-refractivity contribution in [3.63, 3.8) is 0 Å². The smallest absolute Gasteiger partial charge is 0.148 e. The number of hydrogen-bond donors (Lipinski definition) is 2. The monoisotopic (exact) mass is 251 g/mol. The van der Waals surface area contributed by atoms with E-state index in [4.69, 9.17) is 5.84 Å². The van der Waals surface area contributed by atoms with Gasteiger partial charge in [0.05, 0.1) is 0 Å². The molecule has 3 N–H and O–H groups in total. The molecule has 0 spiro atoms. The molecule has 1 heterocycles. The van der Waals surface area contributed by atoms with Gasteiger partial charge >= 0.3 is 0 Å². The summed E-state index contributed by atoms with van der Waals surface area (Å²) in [6, 6.07) is 0. The van der Waals surface area contributed by atoms with Gasteiger partial charge < -0.3 is 10.3 Å². The third-order valence-corrected chi connectivity index (χ3v) is 3.28. The molecule has 1 rings (SSSR count). The number of nitrogens with zero attached hydrogens (tertiary/aromatic N) is 3. The number of anilines is 2. The second-order valence-corrected chi connectivity index (χ2v) is 4.76. The van der Waals surface area contributed by atoms with Crippen LogP contribution in [0, 0.1) is 19.8 Å². The Labute approximate surface area is 110 Å². The fraction of sp³-hybridized carbons (Fsp3) is 0.692. The summed E-state index contributed by atoms with van der Waals surface area (Å²) in [4.78, 5) is 11.1. The maximum Gasteiger partial charge on any atom is 0.148 e. The van der Waals surface area contributed by atoms with E-state index >= 15 is 0 Å². The minimum atomic E-state index is 0.647. The molecule has 0 saturated carbocycles. The predicted molar refractivity (Wildman–Crippen MR) is 76.7 cm³/mol. The van der Waals surface area contributed by atoms with E-state index in [1.54, 1.807) is 0 Å². The van der Waals surface area contributed by atoms with E-state index in [0.29, 0.717) is 11.7 Å². The number of rotatable bonds is 6. The molecule has 1 aromatic heterocycles. The highest BCUT2D eigenvalue weighted by molar-refractivity contribution is 5.58. The van der Waals surface area contributed by atoms with Crippen molar-refractivity contribution in [3.8, 4) is 0 Å². The van der Waals surface area contributed by atoms with Crippen LogP contribution in [-0.2, 0) is 0 Å². The average Bonchev–Trinajstić information content (AvgIpc) is 2.38. The number of nitrogens with two attached hydrogens (primary N) is 1. The standard InChI is InChI=1S/C13H25N5/c1-6-9(3)8-18(7-2)13-10(4)12(17-14)15-11(5)16-13/h9H,6-8,14H2,1-5H3,(H,15,16,17). The van der Waals surface area contributed by atoms with Crippen LogP contribution in [0.15, 0.2) is 0 Å². The highest BCUT2D eigenvalue weighted by Crippen LogP contribution is 2.23. The summed E-state index contributed by atoms with van der Waals surface area (Å²) in [5.74, 6) is 8.58. The molecular formula is C13H25N5. The van der Waals surface area contributed by atoms with Crippen molar-refractivity contribution in [2.45, 2.75) is 41.0 Å². The lowest BCUT2D eigenvalue weighted by Crippen LogP contribution is -2.30. The maximum absolute atomic E-state index is 5.50. The van der Waals surface area contributed by atoms with Gasteiger partial charge in [-0.15, -0.1) is 0 Å². The van der Waals surface area contributed by atoms with Gasteiger partial charge in [-0.2, -0.15) is 0 Å². The van der Waals surface area contributed by atoms with E-state index in [1.165, 1.54) is 6.42 Å². The fourth-order valence-corrected chi connectivity index (χ4v) is 1.93. The van der Waals surface area contributed by atoms with Crippen molar-refractivity contribution >= 4 is 11.6 Å². The molecule has 102 valence electrons. The number of nitrogen functional groups attached to an aromatic ring is 1. The first-order valence-electron chi connectivity index (χ1n) is 6.60. The summed E-state index contributed by atoms with van der Waals surface area (Å²) >= 11 is 0. The Morgan fingerprint density at radius 3 is 2.44 bits per heavy atom. The lowest BCUT2D eigenvalue weighted by molar-refractivity contribution is 0.544. The summed E-state index contributed by atoms with van der Waals surface area (Å²) in [5.41, 5.74) is 3.65. The van der Waals surface area contributed by atoms with Gasteiger partial charge in [0.1, 0.15) is 17.5 Å². The van der Waals surface area contributed by atoms with Crippen LogP contribution in [0.4, 0.5) is 11.6 Å². The number of hydrazine groups is 1. The van der Waals surface area contributed by atoms with Crippen LogP contribution in [0.25, 0.3) is 0 Å². The molecule has 0 fully saturated rings. The number of nitrogens with one attached hydrogen (secondary N) is 1. The van der Waals surface area contributed by atoms with Crippen molar-refractivity contribution in [1.29, 1.82) is 0 Å². The molecule has 0 aromatic carbocycles. The maximum atomic E-state index is 5.50. The first-order chi connectivity index (χ1) is 8.53. The third kappa shape index (κ3) is 3.32. The second-order valence-electron chi connectivity index (χ2n) is 4.76. The first-order valence-corrected chi connectivity index (χ1v) is 6.60. The molecule has 1 unspecified atom stereocenters. The van der Waals surface area contributed by atoms with Gasteiger partial charge in [-0.05, 0) is 26.7 Å². The Hall–Kier alpha value is -1.36. The van der Waals surface area contributed by atoms with E-state index in [2.05, 4.69) is 41.1 Å². The van der Waals surface area contributed by atoms with Crippen LogP contribution in [-0.4, -0.2) is 23.1 Å². The third-order valence-electron chi connectivity index (χ3n) is 3.28. The van der Waals surface area contributed by atoms with Crippen molar-refractivity contribution in [2.24, 2.45) is 11.8 Å². The van der Waals surface area contributed by atoms with E-state index in [0.717, 1.165) is 30.3 Å². The summed E-state index contributed by atoms with van der Waals surface area (Å²) in [6.07, 6.45) is 1.17. The molecule has 1 atom stereocenters. The molecule has 18 heavy (non-hydrogen) atoms. The van der Waals surface area contributed by atoms with Crippen LogP contribution >= 0.6 is 0 Å². The highest BCUT2D eigenvalue weighted by atomic mass is 15.3. The second kappa shape index (κ2) is 6.54. The van der Waals surface area contributed by atoms with E-state index < -0.39 is 0 Å². The van der Waals surface area contributed by atoms with Crippen LogP contribution < -0.4 is 16.2 Å². The zero-order chi connectivity index (χ0) is 13.7. The SMILES string of the molecule is CCC(C)CN(CC)c1nc(C)nc(NN)c1C. The molecule has 0 aliphatic rings. The number of aromatic nitrogens is 2. The summed E-state index contributed by atoms with van der Waals surface area (Å²) in [5, 5.41) is 0. The number of aryl methyl sites for hydroxylation is 1. The molecule has 1 aromatic rings. The summed E-state index contributed by atoms with van der Waals surface area (Å²) in [7, 11) is 0. The highest BCUT2D eigenvalue weighted by Gasteiger charge is 2.15. The van der Waals surface area contributed by atoms with Gasteiger partial charge in [0.15, 0.2) is 0 Å². The van der Waals surface area contributed by atoms with Crippen molar-refractivity contribution < 1.29 is 0 Å². The van der Waals surface area contributed by atoms with Gasteiger partial charge in [0.25, 0.3) is 0 Å². The van der Waals surface area contributed by atoms with Gasteiger partial charge in [-0.1, -0.05) is 20.3 Å². The molecule has 0 radical (unpaired) electrons. The molecule has 0 aliphatic heterocycles. The van der Waals surface area contributed by atoms with Crippen molar-refractivity contribution in [1.82, 2.24) is 9.97 Å². The first kappa shape index (κ1) is 14.7. The summed E-state index contributed by atoms with van der Waals surface area (Å²) < 4.78 is 0. The lowest BCUT2D eigenvalue weighted by Gasteiger charge is -2.27. The van der Waals surface area contributed by atoms with E-state index in [1.807, 2.05) is 13.8 Å². The quantitative estimate of drug-likeness (QED) is 0.599. The zero-order valence-electron chi connectivity index (χ0n) is 12.1. The Morgan fingerprint density at radius 1 is 1.28 bits per heavy atom. The Bertz CT molecular complexity index is 391. The lowest BCUT2D eigenvalue weighted by atomic mass is 10.1. The van der Waals surface area contributed by atoms with Crippen molar-refractivity contribution in [2.75, 3.05) is 23.4 Å². The van der Waals surface area contributed by atoms with Crippen LogP contribution in [0.5, 0.6) is 0 Å². The average molecular weight is 251 g/mol. The minimum Gasteiger partial charge on any atom is -0.356 e. The molecule has 5 nitrogen and oxygen atoms in total. The van der Waals surface area contributed by atoms with E-state index in [9.17, 15) is 0 Å². The molecule has 0 bridgehead atoms. The van der Waals surface area contributed by atoms with E-state index in [-0.39, 0.29) is 0 Å². The molecule has 5 heteroatoms. The fourth-order valence-electron chi connectivity index (χ4n) is 1.93. The van der Waals surface area contributed by atoms with Gasteiger partial charge in [0, 0.05) is 18.7 Å². The zero-order valence-corrected chi connectivity index (χ0v) is 12.1. The number of hydrogen-bond acceptors (Lipinski definition) is 5.